The van der Waals surface area contributed by atoms with Gasteiger partial charge in [-0.15, -0.1) is 10.2 Å². The van der Waals surface area contributed by atoms with E-state index in [9.17, 15) is 13.2 Å². The molecule has 1 heterocycles. The number of sulfone groups is 1. The van der Waals surface area contributed by atoms with Gasteiger partial charge in [-0.05, 0) is 25.0 Å². The molecule has 0 fully saturated rings. The van der Waals surface area contributed by atoms with Crippen molar-refractivity contribution in [3.8, 4) is 0 Å². The third-order valence-electron chi connectivity index (χ3n) is 3.00. The second kappa shape index (κ2) is 7.18. The average Bonchev–Trinajstić information content (AvgIpc) is 2.84. The molecule has 1 aromatic carbocycles. The minimum absolute atomic E-state index is 0.135. The summed E-state index contributed by atoms with van der Waals surface area (Å²) in [4.78, 5) is 12.1. The Kier molecular flexibility index (Phi) is 5.48. The van der Waals surface area contributed by atoms with Crippen molar-refractivity contribution in [3.63, 3.8) is 0 Å². The van der Waals surface area contributed by atoms with Gasteiger partial charge in [0.15, 0.2) is 9.84 Å². The Morgan fingerprint density at radius 3 is 2.48 bits per heavy atom. The van der Waals surface area contributed by atoms with E-state index in [4.69, 9.17) is 0 Å². The number of hydrogen-bond acceptors (Lipinski definition) is 6. The molecular weight excluding hydrogens is 334 g/mol. The van der Waals surface area contributed by atoms with E-state index < -0.39 is 21.5 Å². The van der Waals surface area contributed by atoms with E-state index in [1.54, 1.807) is 12.1 Å². The number of carbonyl (C=O) groups excluding carboxylic acids is 1. The van der Waals surface area contributed by atoms with Crippen LogP contribution in [0, 0.1) is 12.8 Å². The normalized spacial score (nSPS) is 11.7. The Labute approximate surface area is 139 Å². The van der Waals surface area contributed by atoms with Gasteiger partial charge in [0.05, 0.1) is 4.90 Å². The van der Waals surface area contributed by atoms with Crippen LogP contribution in [0.5, 0.6) is 0 Å². The first-order valence-electron chi connectivity index (χ1n) is 7.18. The molecular formula is C15H19N3O3S2. The third-order valence-corrected chi connectivity index (χ3v) is 5.49. The SMILES string of the molecule is Cc1ccc(S(=O)(=O)CC(=O)Nc2nnc(CC(C)C)s2)cc1. The van der Waals surface area contributed by atoms with Gasteiger partial charge in [0.25, 0.3) is 0 Å². The fraction of sp³-hybridized carbons (Fsp3) is 0.400. The fourth-order valence-electron chi connectivity index (χ4n) is 1.89. The predicted molar refractivity (Wildman–Crippen MR) is 90.3 cm³/mol. The van der Waals surface area contributed by atoms with Crippen LogP contribution in [0.15, 0.2) is 29.2 Å². The van der Waals surface area contributed by atoms with Gasteiger partial charge in [-0.25, -0.2) is 8.42 Å². The number of amides is 1. The lowest BCUT2D eigenvalue weighted by Crippen LogP contribution is -2.23. The highest BCUT2D eigenvalue weighted by molar-refractivity contribution is 7.92. The Morgan fingerprint density at radius 2 is 1.87 bits per heavy atom. The van der Waals surface area contributed by atoms with Crippen LogP contribution in [0.3, 0.4) is 0 Å². The van der Waals surface area contributed by atoms with Crippen molar-refractivity contribution < 1.29 is 13.2 Å². The lowest BCUT2D eigenvalue weighted by Gasteiger charge is -2.04. The van der Waals surface area contributed by atoms with Crippen LogP contribution in [0.25, 0.3) is 0 Å². The second-order valence-corrected chi connectivity index (χ2v) is 8.77. The summed E-state index contributed by atoms with van der Waals surface area (Å²) in [6, 6.07) is 6.41. The molecule has 2 aromatic rings. The van der Waals surface area contributed by atoms with Gasteiger partial charge in [0.2, 0.25) is 11.0 Å². The first-order valence-corrected chi connectivity index (χ1v) is 9.65. The zero-order valence-electron chi connectivity index (χ0n) is 13.2. The van der Waals surface area contributed by atoms with Crippen LogP contribution in [0.2, 0.25) is 0 Å². The maximum atomic E-state index is 12.2. The van der Waals surface area contributed by atoms with Crippen molar-refractivity contribution in [1.82, 2.24) is 10.2 Å². The van der Waals surface area contributed by atoms with Crippen molar-refractivity contribution in [2.24, 2.45) is 5.92 Å². The summed E-state index contributed by atoms with van der Waals surface area (Å²) >= 11 is 1.26. The highest BCUT2D eigenvalue weighted by Gasteiger charge is 2.20. The molecule has 8 heteroatoms. The number of nitrogens with one attached hydrogen (secondary N) is 1. The molecule has 6 nitrogen and oxygen atoms in total. The molecule has 0 aliphatic carbocycles. The maximum Gasteiger partial charge on any atom is 0.241 e. The van der Waals surface area contributed by atoms with E-state index >= 15 is 0 Å². The summed E-state index contributed by atoms with van der Waals surface area (Å²) < 4.78 is 24.4. The Bertz CT molecular complexity index is 781. The molecule has 0 saturated heterocycles. The van der Waals surface area contributed by atoms with Crippen molar-refractivity contribution in [2.75, 3.05) is 11.1 Å². The van der Waals surface area contributed by atoms with Gasteiger partial charge in [0.1, 0.15) is 10.8 Å². The molecule has 1 aromatic heterocycles. The first-order chi connectivity index (χ1) is 10.8. The van der Waals surface area contributed by atoms with Crippen molar-refractivity contribution in [2.45, 2.75) is 32.1 Å². The quantitative estimate of drug-likeness (QED) is 0.862. The summed E-state index contributed by atoms with van der Waals surface area (Å²) in [6.45, 7) is 5.99. The number of aromatic nitrogens is 2. The third kappa shape index (κ3) is 5.11. The van der Waals surface area contributed by atoms with Crippen molar-refractivity contribution >= 4 is 32.2 Å². The molecule has 23 heavy (non-hydrogen) atoms. The minimum atomic E-state index is -3.66. The van der Waals surface area contributed by atoms with Gasteiger partial charge in [-0.1, -0.05) is 42.9 Å². The van der Waals surface area contributed by atoms with E-state index in [0.29, 0.717) is 11.0 Å². The molecule has 1 amide bonds. The van der Waals surface area contributed by atoms with E-state index in [1.165, 1.54) is 23.5 Å². The number of hydrogen-bond donors (Lipinski definition) is 1. The number of aryl methyl sites for hydroxylation is 1. The van der Waals surface area contributed by atoms with Gasteiger partial charge in [0, 0.05) is 6.42 Å². The van der Waals surface area contributed by atoms with Crippen LogP contribution in [0.1, 0.15) is 24.4 Å². The van der Waals surface area contributed by atoms with Gasteiger partial charge in [-0.3, -0.25) is 10.1 Å². The number of benzene rings is 1. The molecule has 0 unspecified atom stereocenters. The minimum Gasteiger partial charge on any atom is -0.300 e. The lowest BCUT2D eigenvalue weighted by molar-refractivity contribution is -0.113. The van der Waals surface area contributed by atoms with E-state index in [-0.39, 0.29) is 4.90 Å². The predicted octanol–water partition coefficient (Wildman–Crippen LogP) is 2.46. The number of nitrogens with zero attached hydrogens (tertiary/aromatic N) is 2. The van der Waals surface area contributed by atoms with Crippen LogP contribution < -0.4 is 5.32 Å². The molecule has 1 N–H and O–H groups in total. The summed E-state index contributed by atoms with van der Waals surface area (Å²) in [5, 5.41) is 11.5. The highest BCUT2D eigenvalue weighted by atomic mass is 32.2. The second-order valence-electron chi connectivity index (χ2n) is 5.72. The Hall–Kier alpha value is -1.80. The molecule has 2 rings (SSSR count). The largest absolute Gasteiger partial charge is 0.300 e. The summed E-state index contributed by atoms with van der Waals surface area (Å²) in [7, 11) is -3.66. The molecule has 0 saturated carbocycles. The smallest absolute Gasteiger partial charge is 0.241 e. The highest BCUT2D eigenvalue weighted by Crippen LogP contribution is 2.19. The molecule has 0 radical (unpaired) electrons. The maximum absolute atomic E-state index is 12.2. The number of anilines is 1. The molecule has 0 aliphatic rings. The molecule has 124 valence electrons. The van der Waals surface area contributed by atoms with E-state index in [2.05, 4.69) is 29.4 Å². The lowest BCUT2D eigenvalue weighted by atomic mass is 10.1. The van der Waals surface area contributed by atoms with Crippen LogP contribution in [-0.4, -0.2) is 30.3 Å². The van der Waals surface area contributed by atoms with Crippen molar-refractivity contribution in [3.05, 3.63) is 34.8 Å². The van der Waals surface area contributed by atoms with Crippen LogP contribution in [-0.2, 0) is 21.1 Å². The summed E-state index contributed by atoms with van der Waals surface area (Å²) in [5.74, 6) is -0.791. The average molecular weight is 353 g/mol. The standard InChI is InChI=1S/C15H19N3O3S2/c1-10(2)8-14-17-18-15(22-14)16-13(19)9-23(20,21)12-6-4-11(3)5-7-12/h4-7,10H,8-9H2,1-3H3,(H,16,18,19). The van der Waals surface area contributed by atoms with Gasteiger partial charge in [-0.2, -0.15) is 0 Å². The van der Waals surface area contributed by atoms with E-state index in [1.807, 2.05) is 6.92 Å². The summed E-state index contributed by atoms with van der Waals surface area (Å²) in [6.07, 6.45) is 0.773. The monoisotopic (exact) mass is 353 g/mol. The Balaban J connectivity index is 2.01. The van der Waals surface area contributed by atoms with Crippen molar-refractivity contribution in [1.29, 1.82) is 0 Å². The molecule has 0 bridgehead atoms. The zero-order chi connectivity index (χ0) is 17.0. The first kappa shape index (κ1) is 17.6. The van der Waals surface area contributed by atoms with E-state index in [0.717, 1.165) is 17.0 Å². The number of carbonyl (C=O) groups is 1. The fourth-order valence-corrected chi connectivity index (χ4v) is 4.00. The number of rotatable bonds is 6. The topological polar surface area (TPSA) is 89.0 Å². The Morgan fingerprint density at radius 1 is 1.22 bits per heavy atom. The van der Waals surface area contributed by atoms with Crippen LogP contribution in [0.4, 0.5) is 5.13 Å². The van der Waals surface area contributed by atoms with Gasteiger partial charge >= 0.3 is 0 Å². The molecule has 0 atom stereocenters. The molecule has 0 aliphatic heterocycles. The van der Waals surface area contributed by atoms with Crippen LogP contribution >= 0.6 is 11.3 Å². The summed E-state index contributed by atoms with van der Waals surface area (Å²) in [5.41, 5.74) is 0.958. The molecule has 0 spiro atoms. The zero-order valence-corrected chi connectivity index (χ0v) is 14.9. The van der Waals surface area contributed by atoms with Gasteiger partial charge < -0.3 is 0 Å².